The quantitative estimate of drug-likeness (QED) is 0.816. The minimum absolute atomic E-state index is 0.0719. The minimum Gasteiger partial charge on any atom is -0.481 e. The number of aliphatic carboxylic acids is 1. The number of benzene rings is 1. The molecule has 0 saturated heterocycles. The van der Waals surface area contributed by atoms with E-state index >= 15 is 0 Å². The molecule has 0 radical (unpaired) electrons. The molecule has 6 heteroatoms. The Morgan fingerprint density at radius 3 is 2.52 bits per heavy atom. The molecule has 2 N–H and O–H groups in total. The molecule has 114 valence electrons. The Morgan fingerprint density at radius 1 is 1.33 bits per heavy atom. The second-order valence-electron chi connectivity index (χ2n) is 5.36. The summed E-state index contributed by atoms with van der Waals surface area (Å²) in [4.78, 5) is 10.8. The molecule has 0 spiro atoms. The van der Waals surface area contributed by atoms with Gasteiger partial charge in [0.1, 0.15) is 0 Å². The van der Waals surface area contributed by atoms with E-state index in [0.717, 1.165) is 12.8 Å². The van der Waals surface area contributed by atoms with Gasteiger partial charge in [-0.1, -0.05) is 23.8 Å². The molecule has 1 atom stereocenters. The number of carboxylic acid groups (broad SMARTS) is 1. The van der Waals surface area contributed by atoms with Gasteiger partial charge in [0.05, 0.1) is 11.3 Å². The maximum atomic E-state index is 12.3. The SMILES string of the molecule is CC1=CCC(NS(=O)(=O)c2ccc(CC(=O)O)cc2)CC1. The summed E-state index contributed by atoms with van der Waals surface area (Å²) in [6, 6.07) is 5.90. The summed E-state index contributed by atoms with van der Waals surface area (Å²) in [7, 11) is -3.55. The van der Waals surface area contributed by atoms with E-state index in [1.165, 1.54) is 29.8 Å². The number of sulfonamides is 1. The molecule has 1 aromatic rings. The van der Waals surface area contributed by atoms with Crippen LogP contribution < -0.4 is 4.72 Å². The van der Waals surface area contributed by atoms with E-state index in [0.29, 0.717) is 12.0 Å². The van der Waals surface area contributed by atoms with Crippen molar-refractivity contribution in [3.05, 3.63) is 41.5 Å². The summed E-state index contributed by atoms with van der Waals surface area (Å²) in [6.07, 6.45) is 4.37. The summed E-state index contributed by atoms with van der Waals surface area (Å²) < 4.78 is 27.2. The first-order chi connectivity index (χ1) is 9.87. The van der Waals surface area contributed by atoms with Crippen molar-refractivity contribution in [3.63, 3.8) is 0 Å². The van der Waals surface area contributed by atoms with E-state index in [4.69, 9.17) is 5.11 Å². The third kappa shape index (κ3) is 4.41. The molecule has 0 fully saturated rings. The zero-order valence-corrected chi connectivity index (χ0v) is 12.7. The average molecular weight is 309 g/mol. The Morgan fingerprint density at radius 2 is 2.00 bits per heavy atom. The van der Waals surface area contributed by atoms with Crippen molar-refractivity contribution in [2.24, 2.45) is 0 Å². The van der Waals surface area contributed by atoms with Crippen LogP contribution in [0, 0.1) is 0 Å². The van der Waals surface area contributed by atoms with Gasteiger partial charge >= 0.3 is 5.97 Å². The molecule has 1 aliphatic carbocycles. The number of rotatable bonds is 5. The maximum Gasteiger partial charge on any atom is 0.307 e. The predicted molar refractivity (Wildman–Crippen MR) is 79.5 cm³/mol. The van der Waals surface area contributed by atoms with Gasteiger partial charge in [0.25, 0.3) is 0 Å². The molecule has 2 rings (SSSR count). The number of carbonyl (C=O) groups is 1. The number of nitrogens with one attached hydrogen (secondary N) is 1. The topological polar surface area (TPSA) is 83.5 Å². The fourth-order valence-corrected chi connectivity index (χ4v) is 3.60. The van der Waals surface area contributed by atoms with Crippen molar-refractivity contribution in [2.75, 3.05) is 0 Å². The minimum atomic E-state index is -3.55. The van der Waals surface area contributed by atoms with Gasteiger partial charge in [-0.25, -0.2) is 13.1 Å². The second kappa shape index (κ2) is 6.41. The molecule has 0 aromatic heterocycles. The normalized spacial score (nSPS) is 19.1. The van der Waals surface area contributed by atoms with Crippen molar-refractivity contribution < 1.29 is 18.3 Å². The summed E-state index contributed by atoms with van der Waals surface area (Å²) in [5.41, 5.74) is 1.88. The smallest absolute Gasteiger partial charge is 0.307 e. The molecule has 1 unspecified atom stereocenters. The van der Waals surface area contributed by atoms with Gasteiger partial charge in [-0.2, -0.15) is 0 Å². The van der Waals surface area contributed by atoms with Crippen LogP contribution in [0.5, 0.6) is 0 Å². The Balaban J connectivity index is 2.07. The molecule has 0 aliphatic heterocycles. The molecule has 0 heterocycles. The number of allylic oxidation sites excluding steroid dienone is 1. The van der Waals surface area contributed by atoms with Gasteiger partial charge in [-0.3, -0.25) is 4.79 Å². The summed E-state index contributed by atoms with van der Waals surface area (Å²) in [5.74, 6) is -0.937. The predicted octanol–water partition coefficient (Wildman–Crippen LogP) is 2.09. The standard InChI is InChI=1S/C15H19NO4S/c1-11-2-6-13(7-3-11)16-21(19,20)14-8-4-12(5-9-14)10-15(17)18/h2,4-5,8-9,13,16H,3,6-7,10H2,1H3,(H,17,18). The van der Waals surface area contributed by atoms with Crippen molar-refractivity contribution >= 4 is 16.0 Å². The lowest BCUT2D eigenvalue weighted by molar-refractivity contribution is -0.136. The lowest BCUT2D eigenvalue weighted by atomic mass is 9.97. The number of hydrogen-bond acceptors (Lipinski definition) is 3. The summed E-state index contributed by atoms with van der Waals surface area (Å²) >= 11 is 0. The largest absolute Gasteiger partial charge is 0.481 e. The van der Waals surface area contributed by atoms with Gasteiger partial charge in [0, 0.05) is 6.04 Å². The monoisotopic (exact) mass is 309 g/mol. The highest BCUT2D eigenvalue weighted by Gasteiger charge is 2.21. The molecule has 21 heavy (non-hydrogen) atoms. The van der Waals surface area contributed by atoms with Crippen molar-refractivity contribution in [1.82, 2.24) is 4.72 Å². The van der Waals surface area contributed by atoms with Crippen LogP contribution in [0.2, 0.25) is 0 Å². The number of hydrogen-bond donors (Lipinski definition) is 2. The average Bonchev–Trinajstić information content (AvgIpc) is 2.41. The Kier molecular flexibility index (Phi) is 4.80. The number of carboxylic acids is 1. The molecule has 0 amide bonds. The van der Waals surface area contributed by atoms with Gasteiger partial charge in [0.15, 0.2) is 0 Å². The van der Waals surface area contributed by atoms with Gasteiger partial charge in [0.2, 0.25) is 10.0 Å². The first kappa shape index (κ1) is 15.7. The van der Waals surface area contributed by atoms with Gasteiger partial charge in [-0.15, -0.1) is 0 Å². The zero-order chi connectivity index (χ0) is 15.5. The second-order valence-corrected chi connectivity index (χ2v) is 7.07. The highest BCUT2D eigenvalue weighted by molar-refractivity contribution is 7.89. The third-order valence-electron chi connectivity index (χ3n) is 3.55. The van der Waals surface area contributed by atoms with Crippen LogP contribution in [0.4, 0.5) is 0 Å². The van der Waals surface area contributed by atoms with Gasteiger partial charge in [-0.05, 0) is 43.9 Å². The van der Waals surface area contributed by atoms with E-state index < -0.39 is 16.0 Å². The van der Waals surface area contributed by atoms with E-state index in [1.54, 1.807) is 0 Å². The lowest BCUT2D eigenvalue weighted by Crippen LogP contribution is -2.35. The van der Waals surface area contributed by atoms with Crippen LogP contribution in [-0.4, -0.2) is 25.5 Å². The Hall–Kier alpha value is -1.66. The summed E-state index contributed by atoms with van der Waals surface area (Å²) in [5, 5.41) is 8.70. The highest BCUT2D eigenvalue weighted by Crippen LogP contribution is 2.20. The fourth-order valence-electron chi connectivity index (χ4n) is 2.32. The van der Waals surface area contributed by atoms with E-state index in [9.17, 15) is 13.2 Å². The van der Waals surface area contributed by atoms with Crippen molar-refractivity contribution in [2.45, 2.75) is 43.5 Å². The van der Waals surface area contributed by atoms with Crippen LogP contribution in [0.15, 0.2) is 40.8 Å². The first-order valence-corrected chi connectivity index (χ1v) is 8.34. The van der Waals surface area contributed by atoms with Crippen LogP contribution in [0.1, 0.15) is 31.7 Å². The molecular weight excluding hydrogens is 290 g/mol. The van der Waals surface area contributed by atoms with Crippen LogP contribution in [0.3, 0.4) is 0 Å². The van der Waals surface area contributed by atoms with Gasteiger partial charge < -0.3 is 5.11 Å². The van der Waals surface area contributed by atoms with E-state index in [2.05, 4.69) is 10.8 Å². The molecule has 1 aliphatic rings. The fraction of sp³-hybridized carbons (Fsp3) is 0.400. The third-order valence-corrected chi connectivity index (χ3v) is 5.09. The molecular formula is C15H19NO4S. The first-order valence-electron chi connectivity index (χ1n) is 6.85. The van der Waals surface area contributed by atoms with E-state index in [-0.39, 0.29) is 17.4 Å². The zero-order valence-electron chi connectivity index (χ0n) is 11.9. The van der Waals surface area contributed by atoms with Crippen LogP contribution in [-0.2, 0) is 21.2 Å². The Labute approximate surface area is 124 Å². The molecule has 5 nitrogen and oxygen atoms in total. The molecule has 0 bridgehead atoms. The molecule has 0 saturated carbocycles. The van der Waals surface area contributed by atoms with Crippen molar-refractivity contribution in [1.29, 1.82) is 0 Å². The molecule has 1 aromatic carbocycles. The maximum absolute atomic E-state index is 12.3. The van der Waals surface area contributed by atoms with E-state index in [1.807, 2.05) is 6.92 Å². The Bertz CT molecular complexity index is 647. The van der Waals surface area contributed by atoms with Crippen LogP contribution >= 0.6 is 0 Å². The summed E-state index contributed by atoms with van der Waals surface area (Å²) in [6.45, 7) is 2.05. The van der Waals surface area contributed by atoms with Crippen molar-refractivity contribution in [3.8, 4) is 0 Å². The van der Waals surface area contributed by atoms with Crippen LogP contribution in [0.25, 0.3) is 0 Å². The lowest BCUT2D eigenvalue weighted by Gasteiger charge is -2.21. The highest BCUT2D eigenvalue weighted by atomic mass is 32.2.